The Morgan fingerprint density at radius 2 is 1.96 bits per heavy atom. The summed E-state index contributed by atoms with van der Waals surface area (Å²) in [6.45, 7) is 2.89. The van der Waals surface area contributed by atoms with Gasteiger partial charge in [0, 0.05) is 37.8 Å². The van der Waals surface area contributed by atoms with Crippen molar-refractivity contribution >= 4 is 5.91 Å². The average Bonchev–Trinajstić information content (AvgIpc) is 3.32. The predicted molar refractivity (Wildman–Crippen MR) is 93.8 cm³/mol. The molecule has 2 aliphatic heterocycles. The fourth-order valence-electron chi connectivity index (χ4n) is 4.16. The number of nitrogens with zero attached hydrogens (tertiary/aromatic N) is 2. The highest BCUT2D eigenvalue weighted by Gasteiger charge is 2.44. The first-order valence-corrected chi connectivity index (χ1v) is 9.32. The van der Waals surface area contributed by atoms with E-state index < -0.39 is 0 Å². The number of hydrogen-bond acceptors (Lipinski definition) is 4. The number of amides is 1. The maximum absolute atomic E-state index is 12.5. The lowest BCUT2D eigenvalue weighted by Gasteiger charge is -2.39. The molecule has 0 unspecified atom stereocenters. The zero-order valence-corrected chi connectivity index (χ0v) is 14.6. The normalized spacial score (nSPS) is 25.8. The average molecular weight is 342 g/mol. The summed E-state index contributed by atoms with van der Waals surface area (Å²) in [6.07, 6.45) is 12.6. The monoisotopic (exact) mass is 342 g/mol. The van der Waals surface area contributed by atoms with E-state index in [9.17, 15) is 4.79 Å². The fourth-order valence-corrected chi connectivity index (χ4v) is 4.16. The highest BCUT2D eigenvalue weighted by Crippen LogP contribution is 2.38. The molecule has 134 valence electrons. The number of aromatic nitrogens is 1. The highest BCUT2D eigenvalue weighted by atomic mass is 16.6. The van der Waals surface area contributed by atoms with Crippen molar-refractivity contribution in [3.05, 3.63) is 42.2 Å². The third-order valence-corrected chi connectivity index (χ3v) is 5.75. The van der Waals surface area contributed by atoms with Crippen LogP contribution in [0.2, 0.25) is 0 Å². The van der Waals surface area contributed by atoms with Gasteiger partial charge < -0.3 is 14.4 Å². The number of carbonyl (C=O) groups is 1. The smallest absolute Gasteiger partial charge is 0.226 e. The van der Waals surface area contributed by atoms with Gasteiger partial charge in [0.1, 0.15) is 0 Å². The predicted octanol–water partition coefficient (Wildman–Crippen LogP) is 2.71. The van der Waals surface area contributed by atoms with Gasteiger partial charge in [0.2, 0.25) is 5.91 Å². The zero-order valence-electron chi connectivity index (χ0n) is 14.6. The second-order valence-electron chi connectivity index (χ2n) is 7.45. The van der Waals surface area contributed by atoms with Crippen LogP contribution in [-0.2, 0) is 20.9 Å². The molecule has 3 heterocycles. The van der Waals surface area contributed by atoms with Gasteiger partial charge >= 0.3 is 0 Å². The summed E-state index contributed by atoms with van der Waals surface area (Å²) in [4.78, 5) is 18.6. The van der Waals surface area contributed by atoms with Gasteiger partial charge in [-0.2, -0.15) is 0 Å². The Bertz CT molecular complexity index is 615. The van der Waals surface area contributed by atoms with Crippen LogP contribution >= 0.6 is 0 Å². The van der Waals surface area contributed by atoms with Crippen LogP contribution in [-0.4, -0.2) is 47.2 Å². The minimum Gasteiger partial charge on any atom is -0.372 e. The van der Waals surface area contributed by atoms with Crippen LogP contribution in [0.1, 0.15) is 37.7 Å². The molecule has 0 saturated carbocycles. The van der Waals surface area contributed by atoms with Crippen LogP contribution in [0.25, 0.3) is 0 Å². The van der Waals surface area contributed by atoms with Gasteiger partial charge in [0.05, 0.1) is 24.9 Å². The molecule has 3 aliphatic rings. The second kappa shape index (κ2) is 7.26. The number of pyridine rings is 1. The van der Waals surface area contributed by atoms with E-state index in [0.717, 1.165) is 50.8 Å². The Hall–Kier alpha value is -1.72. The molecule has 2 saturated heterocycles. The largest absolute Gasteiger partial charge is 0.372 e. The third kappa shape index (κ3) is 3.77. The molecule has 1 aliphatic carbocycles. The lowest BCUT2D eigenvalue weighted by molar-refractivity contribution is -0.139. The summed E-state index contributed by atoms with van der Waals surface area (Å²) in [5, 5.41) is 0. The highest BCUT2D eigenvalue weighted by molar-refractivity contribution is 5.79. The molecule has 25 heavy (non-hydrogen) atoms. The molecule has 2 fully saturated rings. The summed E-state index contributed by atoms with van der Waals surface area (Å²) in [6, 6.07) is 3.96. The van der Waals surface area contributed by atoms with E-state index in [1.54, 1.807) is 12.4 Å². The molecule has 5 nitrogen and oxygen atoms in total. The Kier molecular flexibility index (Phi) is 4.86. The quantitative estimate of drug-likeness (QED) is 0.790. The van der Waals surface area contributed by atoms with E-state index in [2.05, 4.69) is 17.1 Å². The summed E-state index contributed by atoms with van der Waals surface area (Å²) in [7, 11) is 0. The third-order valence-electron chi connectivity index (χ3n) is 5.75. The number of allylic oxidation sites excluding steroid dienone is 2. The number of ether oxygens (including phenoxy) is 2. The maximum Gasteiger partial charge on any atom is 0.226 e. The summed E-state index contributed by atoms with van der Waals surface area (Å²) in [5.41, 5.74) is 1.05. The summed E-state index contributed by atoms with van der Waals surface area (Å²) >= 11 is 0. The topological polar surface area (TPSA) is 51.7 Å². The minimum absolute atomic E-state index is 0.0897. The van der Waals surface area contributed by atoms with Gasteiger partial charge in [-0.3, -0.25) is 9.78 Å². The van der Waals surface area contributed by atoms with Crippen molar-refractivity contribution < 1.29 is 14.3 Å². The van der Waals surface area contributed by atoms with Crippen LogP contribution in [0.15, 0.2) is 36.7 Å². The molecular formula is C20H26N2O3. The van der Waals surface area contributed by atoms with Crippen LogP contribution < -0.4 is 0 Å². The van der Waals surface area contributed by atoms with Gasteiger partial charge in [-0.25, -0.2) is 0 Å². The van der Waals surface area contributed by atoms with Crippen molar-refractivity contribution in [2.24, 2.45) is 5.92 Å². The molecule has 0 radical (unpaired) electrons. The molecule has 1 spiro atoms. The van der Waals surface area contributed by atoms with Gasteiger partial charge in [0.25, 0.3) is 0 Å². The first-order chi connectivity index (χ1) is 12.2. The van der Waals surface area contributed by atoms with Gasteiger partial charge in [-0.05, 0) is 43.4 Å². The van der Waals surface area contributed by atoms with E-state index >= 15 is 0 Å². The van der Waals surface area contributed by atoms with Crippen molar-refractivity contribution in [1.82, 2.24) is 9.88 Å². The van der Waals surface area contributed by atoms with E-state index in [4.69, 9.17) is 9.47 Å². The Morgan fingerprint density at radius 1 is 1.24 bits per heavy atom. The van der Waals surface area contributed by atoms with E-state index in [-0.39, 0.29) is 17.6 Å². The fraction of sp³-hybridized carbons (Fsp3) is 0.600. The molecule has 5 heteroatoms. The van der Waals surface area contributed by atoms with E-state index in [0.29, 0.717) is 19.1 Å². The maximum atomic E-state index is 12.5. The first-order valence-electron chi connectivity index (χ1n) is 9.32. The van der Waals surface area contributed by atoms with Crippen LogP contribution in [0.3, 0.4) is 0 Å². The number of carbonyl (C=O) groups excluding carboxylic acids is 1. The Balaban J connectivity index is 1.25. The van der Waals surface area contributed by atoms with Gasteiger partial charge in [0.15, 0.2) is 0 Å². The van der Waals surface area contributed by atoms with E-state index in [1.165, 1.54) is 0 Å². The van der Waals surface area contributed by atoms with Crippen LogP contribution in [0, 0.1) is 5.92 Å². The Morgan fingerprint density at radius 3 is 2.68 bits per heavy atom. The SMILES string of the molecule is O=C(C1CC=CC1)N1CCC2(CC1)C[C@H](OCc1ccncc1)CO2. The number of piperidine rings is 1. The first kappa shape index (κ1) is 16.7. The molecule has 1 aromatic rings. The van der Waals surface area contributed by atoms with E-state index in [1.807, 2.05) is 17.0 Å². The zero-order chi connectivity index (χ0) is 17.1. The number of likely N-dealkylation sites (tertiary alicyclic amines) is 1. The van der Waals surface area contributed by atoms with Crippen molar-refractivity contribution in [1.29, 1.82) is 0 Å². The van der Waals surface area contributed by atoms with Crippen molar-refractivity contribution in [3.63, 3.8) is 0 Å². The van der Waals surface area contributed by atoms with Crippen LogP contribution in [0.5, 0.6) is 0 Å². The number of rotatable bonds is 4. The van der Waals surface area contributed by atoms with Crippen LogP contribution in [0.4, 0.5) is 0 Å². The van der Waals surface area contributed by atoms with Crippen molar-refractivity contribution in [2.45, 2.75) is 50.4 Å². The molecule has 0 N–H and O–H groups in total. The second-order valence-corrected chi connectivity index (χ2v) is 7.45. The molecule has 1 amide bonds. The molecule has 1 aromatic heterocycles. The lowest BCUT2D eigenvalue weighted by Crippen LogP contribution is -2.48. The lowest BCUT2D eigenvalue weighted by atomic mass is 9.87. The van der Waals surface area contributed by atoms with Crippen molar-refractivity contribution in [3.8, 4) is 0 Å². The summed E-state index contributed by atoms with van der Waals surface area (Å²) in [5.74, 6) is 0.498. The van der Waals surface area contributed by atoms with Gasteiger partial charge in [-0.1, -0.05) is 12.2 Å². The molecule has 1 atom stereocenters. The Labute approximate surface area is 149 Å². The molecular weight excluding hydrogens is 316 g/mol. The van der Waals surface area contributed by atoms with Gasteiger partial charge in [-0.15, -0.1) is 0 Å². The summed E-state index contributed by atoms with van der Waals surface area (Å²) < 4.78 is 12.2. The minimum atomic E-state index is -0.0897. The van der Waals surface area contributed by atoms with Crippen molar-refractivity contribution in [2.75, 3.05) is 19.7 Å². The molecule has 0 bridgehead atoms. The number of hydrogen-bond donors (Lipinski definition) is 0. The molecule has 0 aromatic carbocycles. The standard InChI is InChI=1S/C20H26N2O3/c23-19(17-3-1-2-4-17)22-11-7-20(8-12-22)13-18(15-25-20)24-14-16-5-9-21-10-6-16/h1-2,5-6,9-10,17-18H,3-4,7-8,11-15H2/t18-/m0/s1. The molecule has 4 rings (SSSR count).